The summed E-state index contributed by atoms with van der Waals surface area (Å²) < 4.78 is 34.2. The number of carbonyl (C=O) groups is 3. The van der Waals surface area contributed by atoms with Crippen LogP contribution in [0, 0.1) is 11.7 Å². The molecule has 0 bridgehead atoms. The van der Waals surface area contributed by atoms with Crippen molar-refractivity contribution in [3.8, 4) is 0 Å². The highest BCUT2D eigenvalue weighted by Crippen LogP contribution is 2.38. The number of carbonyl (C=O) groups excluding carboxylic acids is 2. The van der Waals surface area contributed by atoms with E-state index in [1.165, 1.54) is 12.3 Å². The van der Waals surface area contributed by atoms with Crippen LogP contribution in [-0.4, -0.2) is 82.9 Å². The number of ether oxygens (including phenoxy) is 2. The van der Waals surface area contributed by atoms with Crippen LogP contribution < -0.4 is 5.32 Å². The molecule has 3 fully saturated rings. The fraction of sp³-hybridized carbons (Fsp3) is 0.514. The van der Waals surface area contributed by atoms with Gasteiger partial charge in [0, 0.05) is 38.0 Å². The summed E-state index contributed by atoms with van der Waals surface area (Å²) in [5.74, 6) is -4.25. The first-order valence-corrected chi connectivity index (χ1v) is 16.8. The van der Waals surface area contributed by atoms with Gasteiger partial charge in [0.15, 0.2) is 5.78 Å². The van der Waals surface area contributed by atoms with Gasteiger partial charge in [-0.3, -0.25) is 24.2 Å². The molecule has 1 saturated carbocycles. The van der Waals surface area contributed by atoms with E-state index < -0.39 is 29.5 Å². The van der Waals surface area contributed by atoms with Crippen LogP contribution in [0.4, 0.5) is 10.1 Å². The van der Waals surface area contributed by atoms with Crippen LogP contribution in [0.5, 0.6) is 0 Å². The molecule has 3 aliphatic rings. The molecule has 1 amide bonds. The summed E-state index contributed by atoms with van der Waals surface area (Å²) in [6.07, 6.45) is 4.10. The summed E-state index contributed by atoms with van der Waals surface area (Å²) in [6.45, 7) is 6.06. The van der Waals surface area contributed by atoms with E-state index in [1.807, 2.05) is 18.7 Å². The lowest BCUT2D eigenvalue weighted by Gasteiger charge is -2.52. The van der Waals surface area contributed by atoms with E-state index in [4.69, 9.17) is 25.5 Å². The molecule has 2 aliphatic heterocycles. The number of likely N-dealkylation sites (tertiary alicyclic amines) is 1. The van der Waals surface area contributed by atoms with Crippen LogP contribution in [-0.2, 0) is 25.5 Å². The minimum absolute atomic E-state index is 0.0729. The van der Waals surface area contributed by atoms with Gasteiger partial charge in [-0.15, -0.1) is 0 Å². The molecule has 3 aromatic rings. The van der Waals surface area contributed by atoms with E-state index in [9.17, 15) is 19.5 Å². The Kier molecular flexibility index (Phi) is 10.0. The third-order valence-corrected chi connectivity index (χ3v) is 9.87. The van der Waals surface area contributed by atoms with Crippen LogP contribution >= 0.6 is 11.6 Å². The Morgan fingerprint density at radius 2 is 1.72 bits per heavy atom. The highest BCUT2D eigenvalue weighted by Gasteiger charge is 2.54. The summed E-state index contributed by atoms with van der Waals surface area (Å²) in [6, 6.07) is 9.61. The van der Waals surface area contributed by atoms with Crippen molar-refractivity contribution in [2.24, 2.45) is 5.92 Å². The molecule has 0 radical (unpaired) electrons. The van der Waals surface area contributed by atoms with Gasteiger partial charge in [-0.2, -0.15) is 0 Å². The molecule has 1 aliphatic carbocycles. The topological polar surface area (TPSA) is 122 Å². The molecule has 12 heteroatoms. The maximum atomic E-state index is 15.8. The predicted molar refractivity (Wildman–Crippen MR) is 174 cm³/mol. The van der Waals surface area contributed by atoms with Gasteiger partial charge < -0.3 is 24.3 Å². The molecule has 0 spiro atoms. The Bertz CT molecular complexity index is 1620. The molecule has 3 atom stereocenters. The monoisotopic (exact) mass is 669 g/mol. The number of furan rings is 1. The molecule has 2 aromatic carbocycles. The fourth-order valence-corrected chi connectivity index (χ4v) is 7.56. The van der Waals surface area contributed by atoms with Crippen LogP contribution in [0.3, 0.4) is 0 Å². The van der Waals surface area contributed by atoms with E-state index >= 15 is 4.39 Å². The number of ketones is 1. The highest BCUT2D eigenvalue weighted by atomic mass is 35.5. The maximum absolute atomic E-state index is 15.8. The minimum Gasteiger partial charge on any atom is -0.481 e. The van der Waals surface area contributed by atoms with Gasteiger partial charge in [0.05, 0.1) is 40.5 Å². The van der Waals surface area contributed by atoms with Crippen molar-refractivity contribution in [3.63, 3.8) is 0 Å². The zero-order chi connectivity index (χ0) is 33.3. The molecule has 252 valence electrons. The number of Topliss-reactive ketones (excluding diaryl/α,β-unsaturated/α-hetero) is 1. The van der Waals surface area contributed by atoms with Crippen LogP contribution in [0.25, 0.3) is 11.0 Å². The van der Waals surface area contributed by atoms with Crippen molar-refractivity contribution >= 4 is 45.9 Å². The number of halogens is 2. The van der Waals surface area contributed by atoms with Crippen molar-refractivity contribution in [2.75, 3.05) is 31.5 Å². The molecular formula is C35H41ClFN3O7. The Hall–Kier alpha value is -3.35. The number of anilines is 1. The first-order valence-electron chi connectivity index (χ1n) is 16.4. The van der Waals surface area contributed by atoms with E-state index in [0.717, 1.165) is 18.9 Å². The third-order valence-electron chi connectivity index (χ3n) is 9.56. The number of carboxylic acid groups (broad SMARTS) is 1. The number of nitrogens with zero attached hydrogens (tertiary/aromatic N) is 2. The zero-order valence-corrected chi connectivity index (χ0v) is 27.4. The number of carboxylic acids is 1. The lowest BCUT2D eigenvalue weighted by molar-refractivity contribution is -0.274. The van der Waals surface area contributed by atoms with Gasteiger partial charge in [0.25, 0.3) is 5.91 Å². The summed E-state index contributed by atoms with van der Waals surface area (Å²) in [5, 5.41) is 12.9. The largest absolute Gasteiger partial charge is 0.481 e. The van der Waals surface area contributed by atoms with Gasteiger partial charge >= 0.3 is 5.97 Å². The SMILES string of the molecule is C[C@@H]1CN(C(OC2CCC(C(=O)O)CC2)(C(=O)Cc2cc(Cl)c(NC(=O)c3coc4ccccc34)cc2F)N2CCCC2)C[C@H](C)O1. The van der Waals surface area contributed by atoms with Gasteiger partial charge in [-0.05, 0) is 76.1 Å². The second kappa shape index (κ2) is 14.0. The zero-order valence-electron chi connectivity index (χ0n) is 26.7. The Morgan fingerprint density at radius 3 is 2.40 bits per heavy atom. The first kappa shape index (κ1) is 33.5. The second-order valence-electron chi connectivity index (χ2n) is 13.0. The quantitative estimate of drug-likeness (QED) is 0.263. The Labute approximate surface area is 278 Å². The number of hydrogen-bond donors (Lipinski definition) is 2. The van der Waals surface area contributed by atoms with Gasteiger partial charge in [0.2, 0.25) is 5.85 Å². The number of fused-ring (bicyclic) bond motifs is 1. The Morgan fingerprint density at radius 1 is 1.04 bits per heavy atom. The number of benzene rings is 2. The summed E-state index contributed by atoms with van der Waals surface area (Å²) in [5.41, 5.74) is 0.994. The van der Waals surface area contributed by atoms with Crippen LogP contribution in [0.15, 0.2) is 47.1 Å². The number of hydrogen-bond acceptors (Lipinski definition) is 8. The van der Waals surface area contributed by atoms with E-state index in [2.05, 4.69) is 10.2 Å². The molecule has 2 N–H and O–H groups in total. The summed E-state index contributed by atoms with van der Waals surface area (Å²) in [4.78, 5) is 43.6. The van der Waals surface area contributed by atoms with E-state index in [-0.39, 0.29) is 52.4 Å². The average molecular weight is 670 g/mol. The molecule has 47 heavy (non-hydrogen) atoms. The van der Waals surface area contributed by atoms with Crippen molar-refractivity contribution in [1.82, 2.24) is 9.80 Å². The molecule has 1 aromatic heterocycles. The number of aliphatic carboxylic acids is 1. The molecule has 1 unspecified atom stereocenters. The van der Waals surface area contributed by atoms with Gasteiger partial charge in [-0.25, -0.2) is 4.39 Å². The summed E-state index contributed by atoms with van der Waals surface area (Å²) >= 11 is 6.60. The number of nitrogens with one attached hydrogen (secondary N) is 1. The van der Waals surface area contributed by atoms with Gasteiger partial charge in [0.1, 0.15) is 17.7 Å². The van der Waals surface area contributed by atoms with Crippen LogP contribution in [0.1, 0.15) is 68.3 Å². The highest BCUT2D eigenvalue weighted by molar-refractivity contribution is 6.34. The lowest BCUT2D eigenvalue weighted by Crippen LogP contribution is -2.71. The molecule has 3 heterocycles. The van der Waals surface area contributed by atoms with Crippen molar-refractivity contribution in [1.29, 1.82) is 0 Å². The van der Waals surface area contributed by atoms with E-state index in [0.29, 0.717) is 62.8 Å². The first-order chi connectivity index (χ1) is 22.5. The minimum atomic E-state index is -1.49. The lowest BCUT2D eigenvalue weighted by atomic mass is 9.87. The normalized spacial score (nSPS) is 25.4. The number of amides is 1. The van der Waals surface area contributed by atoms with Crippen molar-refractivity contribution in [2.45, 2.75) is 83.0 Å². The number of rotatable bonds is 10. The molecule has 2 saturated heterocycles. The van der Waals surface area contributed by atoms with Crippen molar-refractivity contribution < 1.29 is 37.8 Å². The molecule has 10 nitrogen and oxygen atoms in total. The van der Waals surface area contributed by atoms with Crippen LogP contribution in [0.2, 0.25) is 5.02 Å². The molecule has 6 rings (SSSR count). The van der Waals surface area contributed by atoms with Crippen molar-refractivity contribution in [3.05, 3.63) is 64.6 Å². The Balaban J connectivity index is 1.29. The maximum Gasteiger partial charge on any atom is 0.306 e. The predicted octanol–water partition coefficient (Wildman–Crippen LogP) is 6.11. The van der Waals surface area contributed by atoms with Gasteiger partial charge in [-0.1, -0.05) is 29.8 Å². The number of para-hydroxylation sites is 1. The molecular weight excluding hydrogens is 629 g/mol. The van der Waals surface area contributed by atoms with E-state index in [1.54, 1.807) is 24.3 Å². The summed E-state index contributed by atoms with van der Waals surface area (Å²) in [7, 11) is 0. The standard InChI is InChI=1S/C35H41ClFN3O7/c1-21-18-40(19-22(2)46-21)35(39-13-5-6-14-39,47-25-11-9-23(10-12-25)34(43)44)32(41)16-24-15-28(36)30(17-29(24)37)38-33(42)27-20-45-31-8-4-3-7-26(27)31/h3-4,7-8,15,17,20-23,25H,5-6,9-14,16,18-19H2,1-2H3,(H,38,42)(H,43,44)/t21-,22+,23?,25?,35?. The average Bonchev–Trinajstić information content (AvgIpc) is 3.73. The second-order valence-corrected chi connectivity index (χ2v) is 13.4. The smallest absolute Gasteiger partial charge is 0.306 e. The fourth-order valence-electron chi connectivity index (χ4n) is 7.32. The third kappa shape index (κ3) is 6.96. The number of morpholine rings is 1.